The molecule has 212 valence electrons. The van der Waals surface area contributed by atoms with Crippen molar-refractivity contribution in [2.24, 2.45) is 0 Å². The van der Waals surface area contributed by atoms with Crippen molar-refractivity contribution in [1.82, 2.24) is 10.2 Å². The molecule has 3 rings (SSSR count). The summed E-state index contributed by atoms with van der Waals surface area (Å²) >= 11 is 12.8. The molecule has 0 saturated carbocycles. The van der Waals surface area contributed by atoms with E-state index in [1.165, 1.54) is 24.1 Å². The summed E-state index contributed by atoms with van der Waals surface area (Å²) in [5.41, 5.74) is 1.16. The first kappa shape index (κ1) is 30.9. The minimum absolute atomic E-state index is 0.0275. The molecule has 1 atom stereocenters. The van der Waals surface area contributed by atoms with E-state index in [0.29, 0.717) is 11.1 Å². The molecule has 0 aliphatic rings. The van der Waals surface area contributed by atoms with Gasteiger partial charge in [0.25, 0.3) is 5.69 Å². The summed E-state index contributed by atoms with van der Waals surface area (Å²) < 4.78 is 26.6. The zero-order valence-electron chi connectivity index (χ0n) is 22.0. The molecule has 1 unspecified atom stereocenters. The second kappa shape index (κ2) is 13.1. The van der Waals surface area contributed by atoms with Crippen molar-refractivity contribution >= 4 is 56.4 Å². The molecule has 0 bridgehead atoms. The normalized spacial score (nSPS) is 11.9. The number of nitrogens with zero attached hydrogens (tertiary/aromatic N) is 3. The minimum atomic E-state index is -4.10. The Bertz CT molecular complexity index is 1500. The lowest BCUT2D eigenvalue weighted by Gasteiger charge is -2.33. The van der Waals surface area contributed by atoms with Gasteiger partial charge in [-0.2, -0.15) is 0 Å². The molecule has 10 nitrogen and oxygen atoms in total. The van der Waals surface area contributed by atoms with Crippen LogP contribution in [0, 0.1) is 17.0 Å². The van der Waals surface area contributed by atoms with Crippen LogP contribution in [0.1, 0.15) is 16.7 Å². The molecule has 1 N–H and O–H groups in total. The van der Waals surface area contributed by atoms with E-state index in [0.717, 1.165) is 22.2 Å². The highest BCUT2D eigenvalue weighted by atomic mass is 35.5. The number of nitrogens with one attached hydrogen (secondary N) is 1. The second-order valence-corrected chi connectivity index (χ2v) is 11.8. The van der Waals surface area contributed by atoms with Crippen molar-refractivity contribution in [2.75, 3.05) is 24.2 Å². The number of non-ortho nitro benzene ring substituents is 1. The van der Waals surface area contributed by atoms with E-state index < -0.39 is 39.3 Å². The van der Waals surface area contributed by atoms with Crippen molar-refractivity contribution in [3.05, 3.63) is 104 Å². The molecule has 0 saturated heterocycles. The predicted octanol–water partition coefficient (Wildman–Crippen LogP) is 4.36. The smallest absolute Gasteiger partial charge is 0.271 e. The summed E-state index contributed by atoms with van der Waals surface area (Å²) in [6.07, 6.45) is 1.01. The van der Waals surface area contributed by atoms with Crippen molar-refractivity contribution in [3.63, 3.8) is 0 Å². The Morgan fingerprint density at radius 3 is 2.20 bits per heavy atom. The maximum Gasteiger partial charge on any atom is 0.271 e. The quantitative estimate of drug-likeness (QED) is 0.255. The number of hydrogen-bond donors (Lipinski definition) is 1. The first-order valence-electron chi connectivity index (χ1n) is 12.0. The van der Waals surface area contributed by atoms with Crippen LogP contribution >= 0.6 is 23.2 Å². The summed E-state index contributed by atoms with van der Waals surface area (Å²) in [5.74, 6) is -1.23. The molecule has 0 aliphatic heterocycles. The van der Waals surface area contributed by atoms with Crippen LogP contribution in [0.25, 0.3) is 0 Å². The lowest BCUT2D eigenvalue weighted by Crippen LogP contribution is -2.53. The Hall–Kier alpha value is -3.67. The Morgan fingerprint density at radius 1 is 1.02 bits per heavy atom. The molecule has 0 fully saturated rings. The SMILES string of the molecule is CNC(=O)C(Cc1ccccc1)N(Cc1c(Cl)cccc1Cl)C(=O)CN(c1cc([N+](=O)[O-])ccc1C)S(C)(=O)=O. The summed E-state index contributed by atoms with van der Waals surface area (Å²) in [7, 11) is -2.67. The van der Waals surface area contributed by atoms with E-state index in [4.69, 9.17) is 23.2 Å². The fourth-order valence-electron chi connectivity index (χ4n) is 4.15. The number of likely N-dealkylation sites (N-methyl/N-ethyl adjacent to an activating group) is 1. The zero-order chi connectivity index (χ0) is 29.6. The van der Waals surface area contributed by atoms with Gasteiger partial charge in [-0.05, 0) is 30.2 Å². The van der Waals surface area contributed by atoms with Gasteiger partial charge in [-0.1, -0.05) is 65.7 Å². The highest BCUT2D eigenvalue weighted by Crippen LogP contribution is 2.30. The number of amides is 2. The molecule has 0 aromatic heterocycles. The first-order chi connectivity index (χ1) is 18.8. The fraction of sp³-hybridized carbons (Fsp3) is 0.259. The third-order valence-corrected chi connectivity index (χ3v) is 8.09. The van der Waals surface area contributed by atoms with Gasteiger partial charge in [0.15, 0.2) is 0 Å². The van der Waals surface area contributed by atoms with Gasteiger partial charge in [0.2, 0.25) is 21.8 Å². The van der Waals surface area contributed by atoms with Crippen molar-refractivity contribution in [1.29, 1.82) is 0 Å². The number of carbonyl (C=O) groups is 2. The van der Waals surface area contributed by atoms with E-state index in [1.54, 1.807) is 49.4 Å². The van der Waals surface area contributed by atoms with Crippen LogP contribution in [-0.2, 0) is 32.6 Å². The summed E-state index contributed by atoms with van der Waals surface area (Å²) in [4.78, 5) is 39.1. The van der Waals surface area contributed by atoms with E-state index in [2.05, 4.69) is 5.32 Å². The van der Waals surface area contributed by atoms with Gasteiger partial charge in [-0.3, -0.25) is 24.0 Å². The largest absolute Gasteiger partial charge is 0.357 e. The summed E-state index contributed by atoms with van der Waals surface area (Å²) in [5, 5.41) is 14.5. The average Bonchev–Trinajstić information content (AvgIpc) is 2.90. The fourth-order valence-corrected chi connectivity index (χ4v) is 5.57. The minimum Gasteiger partial charge on any atom is -0.357 e. The third-order valence-electron chi connectivity index (χ3n) is 6.26. The van der Waals surface area contributed by atoms with Crippen LogP contribution in [0.15, 0.2) is 66.7 Å². The maximum atomic E-state index is 14.0. The van der Waals surface area contributed by atoms with Crippen LogP contribution in [-0.4, -0.2) is 55.9 Å². The topological polar surface area (TPSA) is 130 Å². The number of nitro groups is 1. The molecule has 0 aliphatic carbocycles. The number of aryl methyl sites for hydroxylation is 1. The number of rotatable bonds is 11. The number of anilines is 1. The van der Waals surface area contributed by atoms with Crippen LogP contribution < -0.4 is 9.62 Å². The first-order valence-corrected chi connectivity index (χ1v) is 14.6. The number of nitro benzene ring substituents is 1. The van der Waals surface area contributed by atoms with Gasteiger partial charge in [0.1, 0.15) is 12.6 Å². The number of benzene rings is 3. The van der Waals surface area contributed by atoms with Crippen LogP contribution in [0.5, 0.6) is 0 Å². The van der Waals surface area contributed by atoms with Gasteiger partial charge < -0.3 is 10.2 Å². The Kier molecular flexibility index (Phi) is 10.1. The van der Waals surface area contributed by atoms with Crippen LogP contribution in [0.4, 0.5) is 11.4 Å². The van der Waals surface area contributed by atoms with E-state index in [1.807, 2.05) is 6.07 Å². The van der Waals surface area contributed by atoms with Gasteiger partial charge in [-0.15, -0.1) is 0 Å². The van der Waals surface area contributed by atoms with E-state index >= 15 is 0 Å². The second-order valence-electron chi connectivity index (χ2n) is 9.04. The average molecular weight is 608 g/mol. The highest BCUT2D eigenvalue weighted by Gasteiger charge is 2.34. The van der Waals surface area contributed by atoms with E-state index in [-0.39, 0.29) is 34.4 Å². The monoisotopic (exact) mass is 606 g/mol. The number of halogens is 2. The summed E-state index contributed by atoms with van der Waals surface area (Å²) in [6.45, 7) is 0.644. The molecular formula is C27H28Cl2N4O6S. The zero-order valence-corrected chi connectivity index (χ0v) is 24.3. The molecule has 0 radical (unpaired) electrons. The highest BCUT2D eigenvalue weighted by molar-refractivity contribution is 7.92. The van der Waals surface area contributed by atoms with Gasteiger partial charge in [0.05, 0.1) is 16.9 Å². The van der Waals surface area contributed by atoms with Crippen LogP contribution in [0.2, 0.25) is 10.0 Å². The number of sulfonamides is 1. The molecular weight excluding hydrogens is 579 g/mol. The third kappa shape index (κ3) is 7.50. The van der Waals surface area contributed by atoms with Crippen molar-refractivity contribution in [2.45, 2.75) is 25.9 Å². The predicted molar refractivity (Wildman–Crippen MR) is 155 cm³/mol. The summed E-state index contributed by atoms with van der Waals surface area (Å²) in [6, 6.07) is 16.5. The standard InChI is InChI=1S/C27H28Cl2N4O6S/c1-18-12-13-20(33(36)37)15-24(18)32(40(3,38)39)17-26(34)31(16-21-22(28)10-7-11-23(21)29)25(27(35)30-2)14-19-8-5-4-6-9-19/h4-13,15,25H,14,16-17H2,1-3H3,(H,30,35). The van der Waals surface area contributed by atoms with Crippen LogP contribution in [0.3, 0.4) is 0 Å². The van der Waals surface area contributed by atoms with E-state index in [9.17, 15) is 28.1 Å². The van der Waals surface area contributed by atoms with Crippen molar-refractivity contribution in [3.8, 4) is 0 Å². The Balaban J connectivity index is 2.12. The maximum absolute atomic E-state index is 14.0. The molecule has 0 spiro atoms. The molecule has 13 heteroatoms. The van der Waals surface area contributed by atoms with Crippen molar-refractivity contribution < 1.29 is 22.9 Å². The number of carbonyl (C=O) groups excluding carboxylic acids is 2. The number of hydrogen-bond acceptors (Lipinski definition) is 6. The molecule has 3 aromatic rings. The lowest BCUT2D eigenvalue weighted by molar-refractivity contribution is -0.384. The van der Waals surface area contributed by atoms with Gasteiger partial charge >= 0.3 is 0 Å². The Labute approximate surface area is 242 Å². The Morgan fingerprint density at radius 2 is 1.65 bits per heavy atom. The molecule has 3 aromatic carbocycles. The molecule has 0 heterocycles. The molecule has 2 amide bonds. The van der Waals surface area contributed by atoms with Gasteiger partial charge in [-0.25, -0.2) is 8.42 Å². The lowest BCUT2D eigenvalue weighted by atomic mass is 10.0. The van der Waals surface area contributed by atoms with Gasteiger partial charge in [0, 0.05) is 47.8 Å². The molecule has 40 heavy (non-hydrogen) atoms.